The smallest absolute Gasteiger partial charge is 0.408 e. The van der Waals surface area contributed by atoms with Gasteiger partial charge in [-0.15, -0.1) is 0 Å². The molecule has 3 N–H and O–H groups in total. The third-order valence-corrected chi connectivity index (χ3v) is 12.7. The van der Waals surface area contributed by atoms with Crippen LogP contribution in [-0.2, 0) is 29.1 Å². The molecule has 0 bridgehead atoms. The number of nitrogens with zero attached hydrogens (tertiary/aromatic N) is 3. The lowest BCUT2D eigenvalue weighted by Crippen LogP contribution is -2.58. The molecule has 0 spiro atoms. The van der Waals surface area contributed by atoms with Crippen molar-refractivity contribution in [2.24, 2.45) is 5.92 Å². The fraction of sp³-hybridized carbons (Fsp3) is 0.550. The molecule has 17 heteroatoms. The number of sulfonamides is 1. The Morgan fingerprint density at radius 3 is 2.30 bits per heavy atom. The minimum atomic E-state index is -4.09. The fourth-order valence-electron chi connectivity index (χ4n) is 7.71. The molecule has 4 fully saturated rings. The van der Waals surface area contributed by atoms with Gasteiger partial charge in [-0.1, -0.05) is 55.3 Å². The third kappa shape index (κ3) is 9.29. The molecule has 1 aromatic heterocycles. The number of hydrogen-bond donors (Lipinski definition) is 3. The summed E-state index contributed by atoms with van der Waals surface area (Å²) in [6.45, 7) is 4.85. The van der Waals surface area contributed by atoms with Crippen LogP contribution in [-0.4, -0.2) is 94.1 Å². The maximum atomic E-state index is 15.4. The summed E-state index contributed by atoms with van der Waals surface area (Å²) in [5.74, 6) is -6.70. The molecule has 4 amide bonds. The molecular weight excluding hydrogens is 763 g/mol. The average Bonchev–Trinajstić information content (AvgIpc) is 4.07. The van der Waals surface area contributed by atoms with Crippen LogP contribution in [0.5, 0.6) is 5.88 Å². The Hall–Kier alpha value is -4.93. The minimum absolute atomic E-state index is 0.0717. The van der Waals surface area contributed by atoms with Gasteiger partial charge in [-0.25, -0.2) is 32.0 Å². The first-order valence-corrected chi connectivity index (χ1v) is 21.0. The number of carbonyl (C=O) groups is 4. The first-order chi connectivity index (χ1) is 26.9. The van der Waals surface area contributed by atoms with Gasteiger partial charge < -0.3 is 25.0 Å². The van der Waals surface area contributed by atoms with E-state index in [0.29, 0.717) is 48.0 Å². The lowest BCUT2D eigenvalue weighted by atomic mass is 10.00. The van der Waals surface area contributed by atoms with E-state index in [4.69, 9.17) is 19.4 Å². The molecule has 7 rings (SSSR count). The van der Waals surface area contributed by atoms with Gasteiger partial charge in [-0.05, 0) is 70.9 Å². The monoisotopic (exact) mass is 810 g/mol. The lowest BCUT2D eigenvalue weighted by molar-refractivity contribution is -0.141. The molecule has 5 atom stereocenters. The van der Waals surface area contributed by atoms with Crippen molar-refractivity contribution in [3.05, 3.63) is 54.6 Å². The number of aromatic nitrogens is 2. The predicted molar refractivity (Wildman–Crippen MR) is 204 cm³/mol. The molecule has 2 aliphatic heterocycles. The Bertz CT molecular complexity index is 2150. The van der Waals surface area contributed by atoms with Crippen LogP contribution in [0.2, 0.25) is 0 Å². The lowest BCUT2D eigenvalue weighted by Gasteiger charge is -2.30. The van der Waals surface area contributed by atoms with Crippen molar-refractivity contribution in [2.75, 3.05) is 6.54 Å². The maximum Gasteiger partial charge on any atom is 0.408 e. The Kier molecular flexibility index (Phi) is 10.9. The zero-order valence-corrected chi connectivity index (χ0v) is 32.9. The third-order valence-electron chi connectivity index (χ3n) is 10.8. The second-order valence-electron chi connectivity index (χ2n) is 16.6. The van der Waals surface area contributed by atoms with Crippen LogP contribution in [0.15, 0.2) is 54.6 Å². The molecule has 2 aromatic carbocycles. The molecule has 1 unspecified atom stereocenters. The molecule has 306 valence electrons. The first-order valence-electron chi connectivity index (χ1n) is 19.5. The van der Waals surface area contributed by atoms with E-state index in [2.05, 4.69) is 10.6 Å². The number of nitrogens with one attached hydrogen (secondary N) is 3. The molecule has 3 heterocycles. The average molecular weight is 811 g/mol. The summed E-state index contributed by atoms with van der Waals surface area (Å²) < 4.78 is 70.5. The molecule has 14 nitrogen and oxygen atoms in total. The number of rotatable bonds is 7. The largest absolute Gasteiger partial charge is 0.471 e. The standard InChI is InChI=1S/C40H48F2N6O8S/c1-38(2,3)56-37(52)45-30-16-8-5-11-19-39(41,42)21-25-22-40(25,36(51)47-57(53,54)27-17-18-27)46-33(49)31-20-26(23-48(31)35(30)50)55-34-32(24-12-6-4-7-13-24)43-28-14-9-10-15-29(28)44-34/h4,6-7,9-10,12-15,25-27,30-31H,5,8,11,16-23H2,1-3H3,(H,45,52)(H,46,49)(H,47,51)/t25?,26-,30+,31+,40-/m1/s1. The van der Waals surface area contributed by atoms with E-state index in [1.165, 1.54) is 4.90 Å². The molecule has 57 heavy (non-hydrogen) atoms. The van der Waals surface area contributed by atoms with E-state index in [-0.39, 0.29) is 38.1 Å². The second-order valence-corrected chi connectivity index (χ2v) is 18.6. The van der Waals surface area contributed by atoms with Crippen LogP contribution in [0.1, 0.15) is 85.0 Å². The number of halogens is 2. The molecule has 2 aliphatic carbocycles. The van der Waals surface area contributed by atoms with E-state index in [9.17, 15) is 27.6 Å². The molecule has 4 aliphatic rings. The van der Waals surface area contributed by atoms with Gasteiger partial charge in [0.2, 0.25) is 33.6 Å². The van der Waals surface area contributed by atoms with E-state index in [1.54, 1.807) is 32.9 Å². The maximum absolute atomic E-state index is 15.4. The number of ether oxygens (including phenoxy) is 2. The zero-order chi connectivity index (χ0) is 40.8. The molecule has 3 aromatic rings. The number of carbonyl (C=O) groups excluding carboxylic acids is 4. The van der Waals surface area contributed by atoms with Crippen molar-refractivity contribution in [1.29, 1.82) is 0 Å². The Morgan fingerprint density at radius 2 is 1.61 bits per heavy atom. The second kappa shape index (κ2) is 15.4. The van der Waals surface area contributed by atoms with Crippen LogP contribution in [0.4, 0.5) is 13.6 Å². The van der Waals surface area contributed by atoms with Gasteiger partial charge in [-0.3, -0.25) is 19.1 Å². The van der Waals surface area contributed by atoms with E-state index in [0.717, 1.165) is 0 Å². The van der Waals surface area contributed by atoms with Crippen LogP contribution in [0, 0.1) is 5.92 Å². The molecule has 2 saturated carbocycles. The SMILES string of the molecule is CC(C)(C)OC(=O)N[C@H]1CCCCCC(F)(F)CC2C[C@@]2(C(=O)NS(=O)(=O)C2CC2)NC(=O)[C@@H]2C[C@@H](Oc3nc4ccccc4nc3-c3ccccc3)CN2C1=O. The minimum Gasteiger partial charge on any atom is -0.471 e. The number of hydrogen-bond acceptors (Lipinski definition) is 10. The quantitative estimate of drug-likeness (QED) is 0.293. The molecule has 2 saturated heterocycles. The van der Waals surface area contributed by atoms with E-state index < -0.39 is 93.1 Å². The molecular formula is C40H48F2N6O8S. The normalized spacial score (nSPS) is 26.9. The van der Waals surface area contributed by atoms with Crippen LogP contribution in [0.25, 0.3) is 22.3 Å². The van der Waals surface area contributed by atoms with E-state index >= 15 is 8.78 Å². The Morgan fingerprint density at radius 1 is 0.930 bits per heavy atom. The number of amides is 4. The van der Waals surface area contributed by atoms with Crippen LogP contribution < -0.4 is 20.1 Å². The highest BCUT2D eigenvalue weighted by Crippen LogP contribution is 2.51. The van der Waals surface area contributed by atoms with Gasteiger partial charge in [0.05, 0.1) is 22.8 Å². The Balaban J connectivity index is 1.23. The van der Waals surface area contributed by atoms with Crippen molar-refractivity contribution in [3.8, 4) is 17.1 Å². The van der Waals surface area contributed by atoms with Crippen molar-refractivity contribution >= 4 is 44.9 Å². The van der Waals surface area contributed by atoms with Crippen molar-refractivity contribution in [1.82, 2.24) is 30.2 Å². The number of benzene rings is 2. The number of alkyl halides is 2. The van der Waals surface area contributed by atoms with E-state index in [1.807, 2.05) is 47.2 Å². The van der Waals surface area contributed by atoms with Gasteiger partial charge in [0.15, 0.2) is 0 Å². The number of alkyl carbamates (subject to hydrolysis) is 1. The Labute approximate surface area is 329 Å². The van der Waals surface area contributed by atoms with Crippen molar-refractivity contribution in [2.45, 2.75) is 125 Å². The highest BCUT2D eigenvalue weighted by atomic mass is 32.2. The summed E-state index contributed by atoms with van der Waals surface area (Å²) in [6, 6.07) is 13.9. The topological polar surface area (TPSA) is 186 Å². The first kappa shape index (κ1) is 40.3. The number of fused-ring (bicyclic) bond motifs is 3. The van der Waals surface area contributed by atoms with Gasteiger partial charge in [0.25, 0.3) is 5.91 Å². The van der Waals surface area contributed by atoms with Gasteiger partial charge in [0.1, 0.15) is 35.0 Å². The highest BCUT2D eigenvalue weighted by Gasteiger charge is 2.65. The summed E-state index contributed by atoms with van der Waals surface area (Å²) in [5, 5.41) is 4.50. The van der Waals surface area contributed by atoms with Crippen molar-refractivity contribution < 1.29 is 45.9 Å². The predicted octanol–water partition coefficient (Wildman–Crippen LogP) is 5.01. The van der Waals surface area contributed by atoms with Gasteiger partial charge in [-0.2, -0.15) is 0 Å². The van der Waals surface area contributed by atoms with Crippen LogP contribution >= 0.6 is 0 Å². The fourth-order valence-corrected chi connectivity index (χ4v) is 9.07. The summed E-state index contributed by atoms with van der Waals surface area (Å²) in [6.07, 6.45) is -1.82. The van der Waals surface area contributed by atoms with Gasteiger partial charge in [0, 0.05) is 24.8 Å². The summed E-state index contributed by atoms with van der Waals surface area (Å²) in [7, 11) is -4.09. The summed E-state index contributed by atoms with van der Waals surface area (Å²) >= 11 is 0. The zero-order valence-electron chi connectivity index (χ0n) is 32.1. The number of para-hydroxylation sites is 2. The summed E-state index contributed by atoms with van der Waals surface area (Å²) in [4.78, 5) is 66.7. The summed E-state index contributed by atoms with van der Waals surface area (Å²) in [5.41, 5.74) is -0.554. The van der Waals surface area contributed by atoms with Crippen molar-refractivity contribution in [3.63, 3.8) is 0 Å². The van der Waals surface area contributed by atoms with Gasteiger partial charge >= 0.3 is 6.09 Å². The van der Waals surface area contributed by atoms with Crippen LogP contribution in [0.3, 0.4) is 0 Å². The highest BCUT2D eigenvalue weighted by molar-refractivity contribution is 7.91. The molecule has 0 radical (unpaired) electrons.